The third-order valence-corrected chi connectivity index (χ3v) is 1.77. The van der Waals surface area contributed by atoms with E-state index in [-0.39, 0.29) is 0 Å². The predicted molar refractivity (Wildman–Crippen MR) is 47.7 cm³/mol. The van der Waals surface area contributed by atoms with E-state index in [0.717, 1.165) is 4.90 Å². The Balaban J connectivity index is 2.69. The molecule has 0 unspecified atom stereocenters. The van der Waals surface area contributed by atoms with Crippen molar-refractivity contribution in [2.45, 2.75) is 24.7 Å². The molecule has 0 aliphatic rings. The van der Waals surface area contributed by atoms with Crippen molar-refractivity contribution >= 4 is 12.6 Å². The molecule has 0 bridgehead atoms. The van der Waals surface area contributed by atoms with E-state index in [1.54, 1.807) is 0 Å². The van der Waals surface area contributed by atoms with E-state index in [2.05, 4.69) is 31.7 Å². The molecule has 1 heteroatoms. The maximum atomic E-state index is 4.20. The number of thiol groups is 1. The molecule has 10 heavy (non-hydrogen) atoms. The Morgan fingerprint density at radius 1 is 1.20 bits per heavy atom. The fraction of sp³-hybridized carbons (Fsp3) is 0.333. The van der Waals surface area contributed by atoms with Gasteiger partial charge in [-0.15, -0.1) is 12.6 Å². The molecule has 0 saturated carbocycles. The SMILES string of the molecule is CCCc1ccc(S)cc1. The summed E-state index contributed by atoms with van der Waals surface area (Å²) in [5, 5.41) is 0. The van der Waals surface area contributed by atoms with Gasteiger partial charge >= 0.3 is 0 Å². The third kappa shape index (κ3) is 2.07. The maximum absolute atomic E-state index is 4.20. The normalized spacial score (nSPS) is 9.80. The second-order valence-corrected chi connectivity index (χ2v) is 2.93. The average Bonchev–Trinajstić information content (AvgIpc) is 1.95. The lowest BCUT2D eigenvalue weighted by molar-refractivity contribution is 0.920. The molecule has 0 aromatic heterocycles. The van der Waals surface area contributed by atoms with Gasteiger partial charge in [0, 0.05) is 4.90 Å². The van der Waals surface area contributed by atoms with Crippen LogP contribution in [0.25, 0.3) is 0 Å². The molecular weight excluding hydrogens is 140 g/mol. The van der Waals surface area contributed by atoms with Crippen LogP contribution in [0.1, 0.15) is 18.9 Å². The van der Waals surface area contributed by atoms with Crippen LogP contribution in [-0.4, -0.2) is 0 Å². The zero-order chi connectivity index (χ0) is 7.40. The van der Waals surface area contributed by atoms with E-state index in [9.17, 15) is 0 Å². The number of rotatable bonds is 2. The third-order valence-electron chi connectivity index (χ3n) is 1.48. The van der Waals surface area contributed by atoms with Crippen molar-refractivity contribution in [1.29, 1.82) is 0 Å². The van der Waals surface area contributed by atoms with E-state index >= 15 is 0 Å². The molecule has 0 spiro atoms. The highest BCUT2D eigenvalue weighted by Gasteiger charge is 1.88. The lowest BCUT2D eigenvalue weighted by atomic mass is 10.1. The van der Waals surface area contributed by atoms with Crippen LogP contribution in [0.15, 0.2) is 29.2 Å². The van der Waals surface area contributed by atoms with Gasteiger partial charge in [0.15, 0.2) is 0 Å². The lowest BCUT2D eigenvalue weighted by Crippen LogP contribution is -1.80. The Morgan fingerprint density at radius 2 is 1.80 bits per heavy atom. The summed E-state index contributed by atoms with van der Waals surface area (Å²) in [4.78, 5) is 1.04. The molecule has 1 aromatic rings. The zero-order valence-corrected chi connectivity index (χ0v) is 7.07. The maximum Gasteiger partial charge on any atom is 0.00401 e. The van der Waals surface area contributed by atoms with Crippen molar-refractivity contribution in [2.24, 2.45) is 0 Å². The Kier molecular flexibility index (Phi) is 2.82. The fourth-order valence-electron chi connectivity index (χ4n) is 0.951. The largest absolute Gasteiger partial charge is 0.143 e. The van der Waals surface area contributed by atoms with Crippen LogP contribution in [0.3, 0.4) is 0 Å². The van der Waals surface area contributed by atoms with Gasteiger partial charge in [0.2, 0.25) is 0 Å². The van der Waals surface area contributed by atoms with Crippen molar-refractivity contribution in [1.82, 2.24) is 0 Å². The van der Waals surface area contributed by atoms with Gasteiger partial charge in [-0.1, -0.05) is 25.5 Å². The molecule has 0 heterocycles. The molecule has 0 atom stereocenters. The Hall–Kier alpha value is -0.430. The summed E-state index contributed by atoms with van der Waals surface area (Å²) >= 11 is 4.20. The van der Waals surface area contributed by atoms with E-state index in [1.165, 1.54) is 18.4 Å². The standard InChI is InChI=1S/C9H12S/c1-2-3-8-4-6-9(10)7-5-8/h4-7,10H,2-3H2,1H3. The number of hydrogen-bond donors (Lipinski definition) is 1. The summed E-state index contributed by atoms with van der Waals surface area (Å²) in [5.41, 5.74) is 1.40. The van der Waals surface area contributed by atoms with Crippen molar-refractivity contribution in [3.8, 4) is 0 Å². The van der Waals surface area contributed by atoms with Crippen molar-refractivity contribution in [3.63, 3.8) is 0 Å². The summed E-state index contributed by atoms with van der Waals surface area (Å²) in [6, 6.07) is 8.33. The molecule has 54 valence electrons. The van der Waals surface area contributed by atoms with E-state index < -0.39 is 0 Å². The van der Waals surface area contributed by atoms with Crippen molar-refractivity contribution in [2.75, 3.05) is 0 Å². The van der Waals surface area contributed by atoms with Crippen LogP contribution in [0.4, 0.5) is 0 Å². The van der Waals surface area contributed by atoms with Crippen LogP contribution < -0.4 is 0 Å². The summed E-state index contributed by atoms with van der Waals surface area (Å²) in [5.74, 6) is 0. The van der Waals surface area contributed by atoms with Crippen LogP contribution >= 0.6 is 12.6 Å². The van der Waals surface area contributed by atoms with Gasteiger partial charge in [-0.3, -0.25) is 0 Å². The van der Waals surface area contributed by atoms with E-state index in [1.807, 2.05) is 12.1 Å². The van der Waals surface area contributed by atoms with Gasteiger partial charge in [-0.05, 0) is 24.1 Å². The lowest BCUT2D eigenvalue weighted by Gasteiger charge is -1.96. The van der Waals surface area contributed by atoms with Gasteiger partial charge in [0.1, 0.15) is 0 Å². The van der Waals surface area contributed by atoms with Gasteiger partial charge in [-0.25, -0.2) is 0 Å². The molecule has 1 aromatic carbocycles. The van der Waals surface area contributed by atoms with Crippen LogP contribution in [0.2, 0.25) is 0 Å². The molecule has 0 aliphatic heterocycles. The Morgan fingerprint density at radius 3 is 2.30 bits per heavy atom. The Labute approximate surface area is 67.7 Å². The molecule has 0 amide bonds. The van der Waals surface area contributed by atoms with Crippen LogP contribution in [0.5, 0.6) is 0 Å². The topological polar surface area (TPSA) is 0 Å². The first kappa shape index (κ1) is 7.67. The van der Waals surface area contributed by atoms with Crippen LogP contribution in [0, 0.1) is 0 Å². The first-order valence-electron chi connectivity index (χ1n) is 3.61. The highest BCUT2D eigenvalue weighted by Crippen LogP contribution is 2.08. The molecular formula is C9H12S. The monoisotopic (exact) mass is 152 g/mol. The first-order valence-corrected chi connectivity index (χ1v) is 4.05. The fourth-order valence-corrected chi connectivity index (χ4v) is 1.10. The van der Waals surface area contributed by atoms with Gasteiger partial charge < -0.3 is 0 Å². The van der Waals surface area contributed by atoms with Crippen molar-refractivity contribution < 1.29 is 0 Å². The first-order chi connectivity index (χ1) is 4.83. The zero-order valence-electron chi connectivity index (χ0n) is 6.17. The minimum atomic E-state index is 1.04. The Bertz CT molecular complexity index is 188. The van der Waals surface area contributed by atoms with E-state index in [0.29, 0.717) is 0 Å². The molecule has 0 nitrogen and oxygen atoms in total. The van der Waals surface area contributed by atoms with E-state index in [4.69, 9.17) is 0 Å². The second-order valence-electron chi connectivity index (χ2n) is 2.42. The predicted octanol–water partition coefficient (Wildman–Crippen LogP) is 2.93. The summed E-state index contributed by atoms with van der Waals surface area (Å²) in [6.07, 6.45) is 2.39. The minimum absolute atomic E-state index is 1.04. The van der Waals surface area contributed by atoms with Crippen LogP contribution in [-0.2, 0) is 6.42 Å². The molecule has 0 saturated heterocycles. The highest BCUT2D eigenvalue weighted by atomic mass is 32.1. The number of aryl methyl sites for hydroxylation is 1. The molecule has 0 aliphatic carbocycles. The minimum Gasteiger partial charge on any atom is -0.143 e. The molecule has 0 N–H and O–H groups in total. The highest BCUT2D eigenvalue weighted by molar-refractivity contribution is 7.80. The summed E-state index contributed by atoms with van der Waals surface area (Å²) in [7, 11) is 0. The van der Waals surface area contributed by atoms with Crippen molar-refractivity contribution in [3.05, 3.63) is 29.8 Å². The molecule has 0 radical (unpaired) electrons. The molecule has 1 rings (SSSR count). The molecule has 0 fully saturated rings. The number of hydrogen-bond acceptors (Lipinski definition) is 1. The van der Waals surface area contributed by atoms with Gasteiger partial charge in [0.05, 0.1) is 0 Å². The smallest absolute Gasteiger partial charge is 0.00401 e. The number of benzene rings is 1. The summed E-state index contributed by atoms with van der Waals surface area (Å²) < 4.78 is 0. The van der Waals surface area contributed by atoms with Gasteiger partial charge in [0.25, 0.3) is 0 Å². The van der Waals surface area contributed by atoms with Gasteiger partial charge in [-0.2, -0.15) is 0 Å². The second kappa shape index (κ2) is 3.67. The summed E-state index contributed by atoms with van der Waals surface area (Å²) in [6.45, 7) is 2.19. The quantitative estimate of drug-likeness (QED) is 0.619. The average molecular weight is 152 g/mol.